The van der Waals surface area contributed by atoms with Crippen molar-refractivity contribution in [2.75, 3.05) is 13.7 Å². The molecule has 0 amide bonds. The maximum atomic E-state index is 13.2. The number of halogens is 2. The van der Waals surface area contributed by atoms with Crippen molar-refractivity contribution in [3.8, 4) is 0 Å². The second-order valence-corrected chi connectivity index (χ2v) is 4.17. The number of methoxy groups -OCH3 is 1. The predicted octanol–water partition coefficient (Wildman–Crippen LogP) is 2.81. The van der Waals surface area contributed by atoms with Gasteiger partial charge in [-0.2, -0.15) is 0 Å². The Hall–Kier alpha value is -1.29. The van der Waals surface area contributed by atoms with Crippen molar-refractivity contribution in [3.63, 3.8) is 0 Å². The Bertz CT molecular complexity index is 389. The van der Waals surface area contributed by atoms with Crippen LogP contribution in [0.15, 0.2) is 23.2 Å². The van der Waals surface area contributed by atoms with Gasteiger partial charge in [-0.3, -0.25) is 4.99 Å². The first-order valence-corrected chi connectivity index (χ1v) is 4.94. The highest BCUT2D eigenvalue weighted by Crippen LogP contribution is 2.11. The fraction of sp³-hybridized carbons (Fsp3) is 0.417. The van der Waals surface area contributed by atoms with Crippen LogP contribution in [0.1, 0.15) is 19.4 Å². The molecular weight excluding hydrogens is 212 g/mol. The minimum absolute atomic E-state index is 0.269. The quantitative estimate of drug-likeness (QED) is 0.725. The summed E-state index contributed by atoms with van der Waals surface area (Å²) in [5, 5.41) is 0. The van der Waals surface area contributed by atoms with Crippen LogP contribution >= 0.6 is 0 Å². The minimum atomic E-state index is -0.614. The van der Waals surface area contributed by atoms with Gasteiger partial charge < -0.3 is 4.74 Å². The lowest BCUT2D eigenvalue weighted by molar-refractivity contribution is 0.151. The minimum Gasteiger partial charge on any atom is -0.382 e. The van der Waals surface area contributed by atoms with Crippen LogP contribution < -0.4 is 0 Å². The van der Waals surface area contributed by atoms with Gasteiger partial charge in [0, 0.05) is 25.0 Å². The first kappa shape index (κ1) is 12.8. The van der Waals surface area contributed by atoms with Crippen LogP contribution in [0.3, 0.4) is 0 Å². The lowest BCUT2D eigenvalue weighted by Crippen LogP contribution is -2.23. The third-order valence-electron chi connectivity index (χ3n) is 2.01. The third-order valence-corrected chi connectivity index (χ3v) is 2.01. The smallest absolute Gasteiger partial charge is 0.134 e. The van der Waals surface area contributed by atoms with Gasteiger partial charge in [-0.25, -0.2) is 8.78 Å². The van der Waals surface area contributed by atoms with Gasteiger partial charge >= 0.3 is 0 Å². The number of nitrogens with zero attached hydrogens (tertiary/aromatic N) is 1. The average molecular weight is 227 g/mol. The molecule has 0 spiro atoms. The first-order chi connectivity index (χ1) is 7.44. The summed E-state index contributed by atoms with van der Waals surface area (Å²) in [5.74, 6) is -1.21. The summed E-state index contributed by atoms with van der Waals surface area (Å²) in [7, 11) is 1.58. The van der Waals surface area contributed by atoms with Crippen molar-refractivity contribution in [1.82, 2.24) is 0 Å². The molecule has 0 aliphatic carbocycles. The van der Waals surface area contributed by atoms with Crippen molar-refractivity contribution in [3.05, 3.63) is 35.4 Å². The van der Waals surface area contributed by atoms with Gasteiger partial charge in [-0.05, 0) is 26.0 Å². The molecule has 4 heteroatoms. The Morgan fingerprint density at radius 2 is 2.06 bits per heavy atom. The number of aliphatic imine (C=N–C) groups is 1. The maximum absolute atomic E-state index is 13.2. The van der Waals surface area contributed by atoms with Crippen LogP contribution in [0.2, 0.25) is 0 Å². The molecule has 1 aromatic rings. The van der Waals surface area contributed by atoms with Crippen LogP contribution in [-0.2, 0) is 4.74 Å². The Morgan fingerprint density at radius 3 is 2.62 bits per heavy atom. The molecular formula is C12H15F2NO. The fourth-order valence-corrected chi connectivity index (χ4v) is 1.24. The van der Waals surface area contributed by atoms with E-state index in [1.807, 2.05) is 13.8 Å². The van der Waals surface area contributed by atoms with Crippen LogP contribution in [0, 0.1) is 11.6 Å². The standard InChI is InChI=1S/C12H15F2NO/c1-12(2,8-16-3)15-7-9-4-5-10(13)6-11(9)14/h4-7H,8H2,1-3H3. The molecule has 0 atom stereocenters. The molecule has 1 aromatic carbocycles. The first-order valence-electron chi connectivity index (χ1n) is 4.94. The van der Waals surface area contributed by atoms with Crippen LogP contribution in [0.5, 0.6) is 0 Å². The molecule has 0 radical (unpaired) electrons. The van der Waals surface area contributed by atoms with Crippen molar-refractivity contribution in [2.45, 2.75) is 19.4 Å². The highest BCUT2D eigenvalue weighted by molar-refractivity contribution is 5.80. The zero-order valence-electron chi connectivity index (χ0n) is 9.63. The van der Waals surface area contributed by atoms with E-state index >= 15 is 0 Å². The van der Waals surface area contributed by atoms with E-state index in [0.717, 1.165) is 6.07 Å². The number of hydrogen-bond donors (Lipinski definition) is 0. The second kappa shape index (κ2) is 5.16. The number of rotatable bonds is 4. The third kappa shape index (κ3) is 3.70. The van der Waals surface area contributed by atoms with Gasteiger partial charge in [0.2, 0.25) is 0 Å². The Morgan fingerprint density at radius 1 is 1.38 bits per heavy atom. The van der Waals surface area contributed by atoms with E-state index in [1.165, 1.54) is 18.3 Å². The highest BCUT2D eigenvalue weighted by atomic mass is 19.1. The molecule has 88 valence electrons. The topological polar surface area (TPSA) is 21.6 Å². The molecule has 0 aliphatic rings. The molecule has 0 aliphatic heterocycles. The van der Waals surface area contributed by atoms with Gasteiger partial charge in [0.25, 0.3) is 0 Å². The van der Waals surface area contributed by atoms with Gasteiger partial charge in [0.15, 0.2) is 0 Å². The Labute approximate surface area is 94.0 Å². The molecule has 0 heterocycles. The molecule has 2 nitrogen and oxygen atoms in total. The van der Waals surface area contributed by atoms with Crippen molar-refractivity contribution in [1.29, 1.82) is 0 Å². The van der Waals surface area contributed by atoms with E-state index in [9.17, 15) is 8.78 Å². The molecule has 1 rings (SSSR count). The van der Waals surface area contributed by atoms with Crippen LogP contribution in [0.25, 0.3) is 0 Å². The summed E-state index contributed by atoms with van der Waals surface area (Å²) in [4.78, 5) is 4.19. The van der Waals surface area contributed by atoms with Crippen molar-refractivity contribution < 1.29 is 13.5 Å². The summed E-state index contributed by atoms with van der Waals surface area (Å²) < 4.78 is 30.9. The summed E-state index contributed by atoms with van der Waals surface area (Å²) in [6, 6.07) is 3.40. The lowest BCUT2D eigenvalue weighted by atomic mass is 10.1. The van der Waals surface area contributed by atoms with Crippen LogP contribution in [0.4, 0.5) is 8.78 Å². The van der Waals surface area contributed by atoms with Crippen LogP contribution in [-0.4, -0.2) is 25.5 Å². The Balaban J connectivity index is 2.84. The summed E-state index contributed by atoms with van der Waals surface area (Å²) in [6.07, 6.45) is 1.40. The normalized spacial score (nSPS) is 12.3. The van der Waals surface area contributed by atoms with Gasteiger partial charge in [-0.1, -0.05) is 0 Å². The number of ether oxygens (including phenoxy) is 1. The van der Waals surface area contributed by atoms with E-state index in [1.54, 1.807) is 7.11 Å². The lowest BCUT2D eigenvalue weighted by Gasteiger charge is -2.17. The van der Waals surface area contributed by atoms with Gasteiger partial charge in [-0.15, -0.1) is 0 Å². The average Bonchev–Trinajstić information content (AvgIpc) is 2.16. The fourth-order valence-electron chi connectivity index (χ4n) is 1.24. The molecule has 0 unspecified atom stereocenters. The largest absolute Gasteiger partial charge is 0.382 e. The van der Waals surface area contributed by atoms with E-state index in [2.05, 4.69) is 4.99 Å². The van der Waals surface area contributed by atoms with Crippen molar-refractivity contribution >= 4 is 6.21 Å². The molecule has 0 fully saturated rings. The zero-order chi connectivity index (χ0) is 12.2. The number of benzene rings is 1. The maximum Gasteiger partial charge on any atom is 0.134 e. The zero-order valence-corrected chi connectivity index (χ0v) is 9.63. The van der Waals surface area contributed by atoms with E-state index in [-0.39, 0.29) is 5.56 Å². The predicted molar refractivity (Wildman–Crippen MR) is 59.9 cm³/mol. The Kier molecular flexibility index (Phi) is 4.12. The summed E-state index contributed by atoms with van der Waals surface area (Å²) in [5.41, 5.74) is -0.152. The number of hydrogen-bond acceptors (Lipinski definition) is 2. The molecule has 0 aromatic heterocycles. The SMILES string of the molecule is COCC(C)(C)N=Cc1ccc(F)cc1F. The van der Waals surface area contributed by atoms with Crippen molar-refractivity contribution in [2.24, 2.45) is 4.99 Å². The molecule has 16 heavy (non-hydrogen) atoms. The second-order valence-electron chi connectivity index (χ2n) is 4.17. The summed E-state index contributed by atoms with van der Waals surface area (Å²) >= 11 is 0. The molecule has 0 bridgehead atoms. The van der Waals surface area contributed by atoms with E-state index in [0.29, 0.717) is 6.61 Å². The van der Waals surface area contributed by atoms with E-state index in [4.69, 9.17) is 4.74 Å². The molecule has 0 N–H and O–H groups in total. The van der Waals surface area contributed by atoms with Gasteiger partial charge in [0.05, 0.1) is 12.1 Å². The molecule has 0 saturated heterocycles. The van der Waals surface area contributed by atoms with E-state index < -0.39 is 17.2 Å². The van der Waals surface area contributed by atoms with Gasteiger partial charge in [0.1, 0.15) is 11.6 Å². The summed E-state index contributed by atoms with van der Waals surface area (Å²) in [6.45, 7) is 4.18. The monoisotopic (exact) mass is 227 g/mol. The molecule has 0 saturated carbocycles. The highest BCUT2D eigenvalue weighted by Gasteiger charge is 2.14.